The topological polar surface area (TPSA) is 55.8 Å². The Morgan fingerprint density at radius 3 is 2.20 bits per heavy atom. The Hall–Kier alpha value is -1.88. The van der Waals surface area contributed by atoms with Crippen molar-refractivity contribution in [3.63, 3.8) is 0 Å². The highest BCUT2D eigenvalue weighted by molar-refractivity contribution is 5.95. The molecule has 0 N–H and O–H groups in total. The van der Waals surface area contributed by atoms with E-state index in [9.17, 15) is 9.59 Å². The number of amides is 1. The molecule has 5 heteroatoms. The van der Waals surface area contributed by atoms with Gasteiger partial charge in [-0.2, -0.15) is 0 Å². The second kappa shape index (κ2) is 7.05. The van der Waals surface area contributed by atoms with Crippen LogP contribution in [-0.4, -0.2) is 25.6 Å². The number of anilines is 1. The van der Waals surface area contributed by atoms with Crippen LogP contribution in [0.4, 0.5) is 5.69 Å². The summed E-state index contributed by atoms with van der Waals surface area (Å²) in [6.45, 7) is 6.99. The molecule has 0 bridgehead atoms. The molecule has 0 heterocycles. The number of hydroxylamine groups is 1. The summed E-state index contributed by atoms with van der Waals surface area (Å²) >= 11 is 0. The van der Waals surface area contributed by atoms with Crippen molar-refractivity contribution in [2.24, 2.45) is 5.92 Å². The number of ether oxygens (including phenoxy) is 1. The summed E-state index contributed by atoms with van der Waals surface area (Å²) in [7, 11) is 1.42. The first-order valence-electron chi connectivity index (χ1n) is 6.48. The average Bonchev–Trinajstić information content (AvgIpc) is 2.37. The van der Waals surface area contributed by atoms with Gasteiger partial charge in [-0.3, -0.25) is 4.79 Å². The fourth-order valence-electron chi connectivity index (χ4n) is 1.72. The summed E-state index contributed by atoms with van der Waals surface area (Å²) in [6, 6.07) is 5.61. The van der Waals surface area contributed by atoms with Gasteiger partial charge in [0.25, 0.3) is 5.91 Å². The first kappa shape index (κ1) is 16.2. The van der Waals surface area contributed by atoms with Crippen LogP contribution in [0.15, 0.2) is 18.2 Å². The van der Waals surface area contributed by atoms with Crippen LogP contribution in [0.25, 0.3) is 0 Å². The molecule has 0 saturated heterocycles. The minimum Gasteiger partial charge on any atom is -0.375 e. The van der Waals surface area contributed by atoms with Gasteiger partial charge in [0.1, 0.15) is 6.61 Å². The third kappa shape index (κ3) is 3.81. The first-order chi connectivity index (χ1) is 9.38. The second-order valence-corrected chi connectivity index (χ2v) is 4.93. The Labute approximate surface area is 119 Å². The van der Waals surface area contributed by atoms with Crippen molar-refractivity contribution in [2.45, 2.75) is 27.7 Å². The highest BCUT2D eigenvalue weighted by atomic mass is 16.7. The summed E-state index contributed by atoms with van der Waals surface area (Å²) in [5, 5.41) is 1.04. The molecule has 0 aliphatic heterocycles. The lowest BCUT2D eigenvalue weighted by Crippen LogP contribution is -2.38. The van der Waals surface area contributed by atoms with Crippen LogP contribution < -0.4 is 5.06 Å². The van der Waals surface area contributed by atoms with E-state index in [0.29, 0.717) is 5.69 Å². The maximum Gasteiger partial charge on any atom is 0.335 e. The lowest BCUT2D eigenvalue weighted by Gasteiger charge is -2.24. The van der Waals surface area contributed by atoms with Crippen molar-refractivity contribution in [2.75, 3.05) is 18.8 Å². The van der Waals surface area contributed by atoms with Crippen LogP contribution in [0.1, 0.15) is 25.0 Å². The molecule has 1 aromatic carbocycles. The standard InChI is InChI=1S/C15H21NO4/c1-10(2)15(18)20-16(13(17)9-19-5)14-11(3)7-6-8-12(14)4/h6-8,10H,9H2,1-5H3. The summed E-state index contributed by atoms with van der Waals surface area (Å²) in [6.07, 6.45) is 0. The number of benzene rings is 1. The fraction of sp³-hybridized carbons (Fsp3) is 0.467. The maximum atomic E-state index is 12.1. The number of hydrogen-bond acceptors (Lipinski definition) is 4. The van der Waals surface area contributed by atoms with Crippen LogP contribution in [0.3, 0.4) is 0 Å². The second-order valence-electron chi connectivity index (χ2n) is 4.93. The zero-order valence-corrected chi connectivity index (χ0v) is 12.6. The van der Waals surface area contributed by atoms with Gasteiger partial charge in [0.15, 0.2) is 0 Å². The third-order valence-electron chi connectivity index (χ3n) is 2.79. The van der Waals surface area contributed by atoms with Crippen molar-refractivity contribution in [3.05, 3.63) is 29.3 Å². The Kier molecular flexibility index (Phi) is 5.70. The van der Waals surface area contributed by atoms with Crippen LogP contribution in [-0.2, 0) is 19.2 Å². The molecule has 0 aliphatic carbocycles. The summed E-state index contributed by atoms with van der Waals surface area (Å²) in [5.74, 6) is -1.20. The van der Waals surface area contributed by atoms with Crippen LogP contribution in [0, 0.1) is 19.8 Å². The average molecular weight is 279 g/mol. The maximum absolute atomic E-state index is 12.1. The molecule has 1 aromatic rings. The Morgan fingerprint density at radius 1 is 1.20 bits per heavy atom. The van der Waals surface area contributed by atoms with E-state index in [0.717, 1.165) is 16.2 Å². The number of aryl methyl sites for hydroxylation is 2. The molecule has 0 atom stereocenters. The fourth-order valence-corrected chi connectivity index (χ4v) is 1.72. The van der Waals surface area contributed by atoms with E-state index in [2.05, 4.69) is 0 Å². The molecule has 1 amide bonds. The summed E-state index contributed by atoms with van der Waals surface area (Å²) in [5.41, 5.74) is 2.29. The van der Waals surface area contributed by atoms with E-state index >= 15 is 0 Å². The number of carbonyl (C=O) groups is 2. The highest BCUT2D eigenvalue weighted by Gasteiger charge is 2.25. The van der Waals surface area contributed by atoms with Crippen molar-refractivity contribution in [3.8, 4) is 0 Å². The quantitative estimate of drug-likeness (QED) is 0.794. The molecule has 0 fully saturated rings. The number of nitrogens with zero attached hydrogens (tertiary/aromatic N) is 1. The summed E-state index contributed by atoms with van der Waals surface area (Å²) < 4.78 is 4.85. The zero-order valence-electron chi connectivity index (χ0n) is 12.6. The molecule has 0 aliphatic rings. The minimum absolute atomic E-state index is 0.154. The Bertz CT molecular complexity index is 476. The number of methoxy groups -OCH3 is 1. The number of para-hydroxylation sites is 1. The number of carbonyl (C=O) groups excluding carboxylic acids is 2. The molecule has 0 spiro atoms. The molecular weight excluding hydrogens is 258 g/mol. The van der Waals surface area contributed by atoms with Gasteiger partial charge in [-0.05, 0) is 25.0 Å². The van der Waals surface area contributed by atoms with Crippen LogP contribution >= 0.6 is 0 Å². The normalized spacial score (nSPS) is 10.5. The predicted octanol–water partition coefficient (Wildman–Crippen LogP) is 2.40. The predicted molar refractivity (Wildman–Crippen MR) is 76.2 cm³/mol. The van der Waals surface area contributed by atoms with Gasteiger partial charge in [0, 0.05) is 7.11 Å². The molecule has 5 nitrogen and oxygen atoms in total. The third-order valence-corrected chi connectivity index (χ3v) is 2.79. The lowest BCUT2D eigenvalue weighted by molar-refractivity contribution is -0.154. The van der Waals surface area contributed by atoms with Gasteiger partial charge in [-0.25, -0.2) is 4.79 Å². The molecule has 0 aromatic heterocycles. The van der Waals surface area contributed by atoms with Crippen molar-refractivity contribution >= 4 is 17.6 Å². The van der Waals surface area contributed by atoms with Gasteiger partial charge in [0.05, 0.1) is 11.6 Å². The van der Waals surface area contributed by atoms with Gasteiger partial charge < -0.3 is 9.57 Å². The molecular formula is C15H21NO4. The summed E-state index contributed by atoms with van der Waals surface area (Å²) in [4.78, 5) is 29.2. The van der Waals surface area contributed by atoms with E-state index in [1.807, 2.05) is 32.0 Å². The van der Waals surface area contributed by atoms with Gasteiger partial charge in [-0.15, -0.1) is 5.06 Å². The lowest BCUT2D eigenvalue weighted by atomic mass is 10.1. The highest BCUT2D eigenvalue weighted by Crippen LogP contribution is 2.25. The molecule has 0 unspecified atom stereocenters. The van der Waals surface area contributed by atoms with Gasteiger partial charge in [0.2, 0.25) is 0 Å². The van der Waals surface area contributed by atoms with Gasteiger partial charge >= 0.3 is 5.97 Å². The van der Waals surface area contributed by atoms with Crippen LogP contribution in [0.2, 0.25) is 0 Å². The van der Waals surface area contributed by atoms with Gasteiger partial charge in [-0.1, -0.05) is 32.0 Å². The molecule has 20 heavy (non-hydrogen) atoms. The van der Waals surface area contributed by atoms with Crippen molar-refractivity contribution in [1.82, 2.24) is 0 Å². The van der Waals surface area contributed by atoms with E-state index in [-0.39, 0.29) is 12.5 Å². The smallest absolute Gasteiger partial charge is 0.335 e. The van der Waals surface area contributed by atoms with Crippen molar-refractivity contribution in [1.29, 1.82) is 0 Å². The monoisotopic (exact) mass is 279 g/mol. The Morgan fingerprint density at radius 2 is 1.75 bits per heavy atom. The SMILES string of the molecule is COCC(=O)N(OC(=O)C(C)C)c1c(C)cccc1C. The molecule has 0 saturated carbocycles. The number of rotatable bonds is 4. The molecule has 1 rings (SSSR count). The Balaban J connectivity index is 3.16. The van der Waals surface area contributed by atoms with Crippen molar-refractivity contribution < 1.29 is 19.2 Å². The first-order valence-corrected chi connectivity index (χ1v) is 6.48. The molecule has 110 valence electrons. The van der Waals surface area contributed by atoms with E-state index in [4.69, 9.17) is 9.57 Å². The van der Waals surface area contributed by atoms with Crippen LogP contribution in [0.5, 0.6) is 0 Å². The largest absolute Gasteiger partial charge is 0.375 e. The van der Waals surface area contributed by atoms with E-state index in [1.54, 1.807) is 13.8 Å². The van der Waals surface area contributed by atoms with E-state index in [1.165, 1.54) is 7.11 Å². The van der Waals surface area contributed by atoms with E-state index < -0.39 is 11.9 Å². The zero-order chi connectivity index (χ0) is 15.3. The minimum atomic E-state index is -0.461. The molecule has 0 radical (unpaired) electrons. The number of hydrogen-bond donors (Lipinski definition) is 0.